The Kier molecular flexibility index (Phi) is 5.24. The van der Waals surface area contributed by atoms with Crippen molar-refractivity contribution < 1.29 is 26.4 Å². The van der Waals surface area contributed by atoms with E-state index in [4.69, 9.17) is 0 Å². The molecule has 0 heterocycles. The molecule has 0 saturated heterocycles. The number of nitrogens with zero attached hydrogens (tertiary/aromatic N) is 1. The van der Waals surface area contributed by atoms with Crippen molar-refractivity contribution in [3.63, 3.8) is 0 Å². The van der Waals surface area contributed by atoms with E-state index in [1.54, 1.807) is 0 Å². The third kappa shape index (κ3) is 3.88. The molecule has 9 heteroatoms. The molecule has 4 aliphatic rings. The molecule has 31 heavy (non-hydrogen) atoms. The molecule has 1 N–H and O–H groups in total. The van der Waals surface area contributed by atoms with E-state index in [1.807, 2.05) is 0 Å². The summed E-state index contributed by atoms with van der Waals surface area (Å²) >= 11 is 0. The topological polar surface area (TPSA) is 66.5 Å². The molecule has 0 spiro atoms. The van der Waals surface area contributed by atoms with E-state index < -0.39 is 38.1 Å². The molecule has 0 aliphatic heterocycles. The highest BCUT2D eigenvalue weighted by atomic mass is 32.2. The van der Waals surface area contributed by atoms with Crippen LogP contribution in [-0.2, 0) is 21.0 Å². The summed E-state index contributed by atoms with van der Waals surface area (Å²) in [5.41, 5.74) is -3.11. The monoisotopic (exact) mass is 458 g/mol. The van der Waals surface area contributed by atoms with E-state index in [-0.39, 0.29) is 5.54 Å². The Morgan fingerprint density at radius 1 is 1.03 bits per heavy atom. The normalized spacial score (nSPS) is 30.6. The average molecular weight is 459 g/mol. The molecule has 5 rings (SSSR count). The van der Waals surface area contributed by atoms with E-state index in [2.05, 4.69) is 5.32 Å². The Hall–Kier alpha value is -1.61. The number of benzene rings is 1. The standard InChI is InChI=1S/C22H29F3N2O3S/c1-20(2,19(28)26-21-11-14-8-15(12-21)10-16(9-14)13-21)27(3)31(29,30)18-7-5-4-6-17(18)22(23,24)25/h4-7,14-16H,8-13H2,1-3H3,(H,26,28). The zero-order chi connectivity index (χ0) is 22.8. The summed E-state index contributed by atoms with van der Waals surface area (Å²) in [7, 11) is -3.40. The van der Waals surface area contributed by atoms with Gasteiger partial charge in [-0.2, -0.15) is 17.5 Å². The molecular formula is C22H29F3N2O3S. The Morgan fingerprint density at radius 3 is 2.00 bits per heavy atom. The minimum absolute atomic E-state index is 0.322. The summed E-state index contributed by atoms with van der Waals surface area (Å²) in [6.07, 6.45) is 1.45. The molecule has 1 aromatic rings. The molecule has 0 unspecified atom stereocenters. The number of likely N-dealkylation sites (N-methyl/N-ethyl adjacent to an activating group) is 1. The molecule has 1 amide bonds. The number of halogens is 3. The van der Waals surface area contributed by atoms with Gasteiger partial charge in [-0.25, -0.2) is 8.42 Å². The van der Waals surface area contributed by atoms with Gasteiger partial charge in [-0.1, -0.05) is 12.1 Å². The van der Waals surface area contributed by atoms with E-state index in [0.29, 0.717) is 17.8 Å². The molecule has 4 aliphatic carbocycles. The predicted octanol–water partition coefficient (Wildman–Crippen LogP) is 4.19. The number of rotatable bonds is 5. The smallest absolute Gasteiger partial charge is 0.349 e. The van der Waals surface area contributed by atoms with Gasteiger partial charge in [-0.3, -0.25) is 4.79 Å². The van der Waals surface area contributed by atoms with Crippen molar-refractivity contribution in [2.24, 2.45) is 17.8 Å². The Labute approximate surface area is 181 Å². The minimum atomic E-state index is -4.82. The first-order valence-corrected chi connectivity index (χ1v) is 12.2. The van der Waals surface area contributed by atoms with E-state index >= 15 is 0 Å². The van der Waals surface area contributed by atoms with E-state index in [0.717, 1.165) is 41.8 Å². The number of hydrogen-bond acceptors (Lipinski definition) is 3. The van der Waals surface area contributed by atoms with Crippen LogP contribution in [-0.4, -0.2) is 36.8 Å². The summed E-state index contributed by atoms with van der Waals surface area (Å²) in [4.78, 5) is 12.5. The van der Waals surface area contributed by atoms with Gasteiger partial charge >= 0.3 is 6.18 Å². The van der Waals surface area contributed by atoms with Crippen LogP contribution in [0.5, 0.6) is 0 Å². The molecule has 4 fully saturated rings. The Bertz CT molecular complexity index is 953. The summed E-state index contributed by atoms with van der Waals surface area (Å²) < 4.78 is 67.4. The van der Waals surface area contributed by atoms with Gasteiger partial charge in [0.1, 0.15) is 5.54 Å². The summed E-state index contributed by atoms with van der Waals surface area (Å²) in [5.74, 6) is 1.31. The molecule has 1 aromatic carbocycles. The summed E-state index contributed by atoms with van der Waals surface area (Å²) in [5, 5.41) is 3.15. The highest BCUT2D eigenvalue weighted by molar-refractivity contribution is 7.89. The number of amides is 1. The maximum Gasteiger partial charge on any atom is 0.417 e. The first-order valence-electron chi connectivity index (χ1n) is 10.7. The maximum absolute atomic E-state index is 13.4. The summed E-state index contributed by atoms with van der Waals surface area (Å²) in [6, 6.07) is 4.07. The second-order valence-electron chi connectivity index (χ2n) is 10.2. The van der Waals surface area contributed by atoms with Crippen LogP contribution in [0.25, 0.3) is 0 Å². The molecule has 0 atom stereocenters. The second-order valence-corrected chi connectivity index (χ2v) is 12.1. The van der Waals surface area contributed by atoms with Gasteiger partial charge in [0.25, 0.3) is 0 Å². The van der Waals surface area contributed by atoms with Crippen molar-refractivity contribution in [3.05, 3.63) is 29.8 Å². The number of alkyl halides is 3. The van der Waals surface area contributed by atoms with Crippen LogP contribution in [0.1, 0.15) is 57.9 Å². The first-order chi connectivity index (χ1) is 14.2. The van der Waals surface area contributed by atoms with Crippen molar-refractivity contribution in [2.45, 2.75) is 74.5 Å². The molecule has 5 nitrogen and oxygen atoms in total. The van der Waals surface area contributed by atoms with Crippen LogP contribution in [0.3, 0.4) is 0 Å². The van der Waals surface area contributed by atoms with Gasteiger partial charge in [-0.05, 0) is 82.3 Å². The fraction of sp³-hybridized carbons (Fsp3) is 0.682. The lowest BCUT2D eigenvalue weighted by Crippen LogP contribution is -2.65. The van der Waals surface area contributed by atoms with Crippen LogP contribution in [0, 0.1) is 17.8 Å². The van der Waals surface area contributed by atoms with Gasteiger partial charge in [0, 0.05) is 12.6 Å². The number of carbonyl (C=O) groups is 1. The molecule has 0 radical (unpaired) electrons. The first kappa shape index (κ1) is 22.6. The van der Waals surface area contributed by atoms with Gasteiger partial charge in [0.2, 0.25) is 15.9 Å². The Balaban J connectivity index is 1.59. The lowest BCUT2D eigenvalue weighted by atomic mass is 9.53. The fourth-order valence-electron chi connectivity index (χ4n) is 6.17. The largest absolute Gasteiger partial charge is 0.417 e. The van der Waals surface area contributed by atoms with Crippen molar-refractivity contribution in [2.75, 3.05) is 7.05 Å². The third-order valence-corrected chi connectivity index (χ3v) is 9.68. The second kappa shape index (κ2) is 7.20. The highest BCUT2D eigenvalue weighted by Crippen LogP contribution is 2.55. The number of carbonyl (C=O) groups excluding carboxylic acids is 1. The average Bonchev–Trinajstić information content (AvgIpc) is 2.65. The highest BCUT2D eigenvalue weighted by Gasteiger charge is 2.53. The van der Waals surface area contributed by atoms with E-state index in [9.17, 15) is 26.4 Å². The molecule has 0 aromatic heterocycles. The fourth-order valence-corrected chi connectivity index (χ4v) is 7.87. The minimum Gasteiger partial charge on any atom is -0.349 e. The zero-order valence-electron chi connectivity index (χ0n) is 18.0. The Morgan fingerprint density at radius 2 is 1.52 bits per heavy atom. The summed E-state index contributed by atoms with van der Waals surface area (Å²) in [6.45, 7) is 2.88. The number of nitrogens with one attached hydrogen (secondary N) is 1. The molecule has 4 saturated carbocycles. The van der Waals surface area contributed by atoms with E-state index in [1.165, 1.54) is 46.2 Å². The van der Waals surface area contributed by atoms with Crippen LogP contribution in [0.2, 0.25) is 0 Å². The number of hydrogen-bond donors (Lipinski definition) is 1. The van der Waals surface area contributed by atoms with Crippen molar-refractivity contribution in [1.82, 2.24) is 9.62 Å². The maximum atomic E-state index is 13.4. The van der Waals surface area contributed by atoms with Crippen LogP contribution < -0.4 is 5.32 Å². The van der Waals surface area contributed by atoms with Gasteiger partial charge in [0.15, 0.2) is 0 Å². The van der Waals surface area contributed by atoms with Crippen LogP contribution in [0.15, 0.2) is 29.2 Å². The quantitative estimate of drug-likeness (QED) is 0.720. The third-order valence-electron chi connectivity index (χ3n) is 7.59. The van der Waals surface area contributed by atoms with Gasteiger partial charge in [-0.15, -0.1) is 0 Å². The molecular weight excluding hydrogens is 429 g/mol. The van der Waals surface area contributed by atoms with Crippen molar-refractivity contribution in [1.29, 1.82) is 0 Å². The van der Waals surface area contributed by atoms with Crippen molar-refractivity contribution in [3.8, 4) is 0 Å². The predicted molar refractivity (Wildman–Crippen MR) is 110 cm³/mol. The molecule has 4 bridgehead atoms. The van der Waals surface area contributed by atoms with Crippen LogP contribution in [0.4, 0.5) is 13.2 Å². The van der Waals surface area contributed by atoms with Gasteiger partial charge in [0.05, 0.1) is 10.5 Å². The number of sulfonamides is 1. The molecule has 172 valence electrons. The van der Waals surface area contributed by atoms with Crippen molar-refractivity contribution >= 4 is 15.9 Å². The van der Waals surface area contributed by atoms with Gasteiger partial charge < -0.3 is 5.32 Å². The lowest BCUT2D eigenvalue weighted by Gasteiger charge is -2.57. The lowest BCUT2D eigenvalue weighted by molar-refractivity contribution is -0.139. The SMILES string of the molecule is CN(C(C)(C)C(=O)NC12CC3CC(CC(C3)C1)C2)S(=O)(=O)c1ccccc1C(F)(F)F. The van der Waals surface area contributed by atoms with Crippen LogP contribution >= 0.6 is 0 Å². The zero-order valence-corrected chi connectivity index (χ0v) is 18.8.